The van der Waals surface area contributed by atoms with Gasteiger partial charge < -0.3 is 0 Å². The van der Waals surface area contributed by atoms with Crippen LogP contribution in [0.1, 0.15) is 0 Å². The number of allylic oxidation sites excluding steroid dienone is 6. The van der Waals surface area contributed by atoms with Gasteiger partial charge in [0.25, 0.3) is 0 Å². The molecule has 0 aliphatic heterocycles. The zero-order valence-corrected chi connectivity index (χ0v) is 5.94. The molecule has 2 nitrogen and oxygen atoms in total. The average molecular weight is 148 g/mol. The molecule has 0 fully saturated rings. The molecule has 1 aliphatic carbocycles. The second-order valence-corrected chi connectivity index (χ2v) is 2.20. The van der Waals surface area contributed by atoms with E-state index in [9.17, 15) is 9.59 Å². The van der Waals surface area contributed by atoms with E-state index in [4.69, 9.17) is 0 Å². The van der Waals surface area contributed by atoms with Crippen molar-refractivity contribution in [2.75, 3.05) is 0 Å². The van der Waals surface area contributed by atoms with Crippen LogP contribution in [0.5, 0.6) is 0 Å². The summed E-state index contributed by atoms with van der Waals surface area (Å²) in [6.45, 7) is 0. The highest BCUT2D eigenvalue weighted by atomic mass is 16.2. The molecule has 0 amide bonds. The van der Waals surface area contributed by atoms with E-state index in [0.29, 0.717) is 6.29 Å². The van der Waals surface area contributed by atoms with Gasteiger partial charge in [-0.3, -0.25) is 9.59 Å². The van der Waals surface area contributed by atoms with Crippen LogP contribution in [-0.4, -0.2) is 12.1 Å². The Kier molecular flexibility index (Phi) is 2.55. The van der Waals surface area contributed by atoms with E-state index in [1.807, 2.05) is 12.2 Å². The predicted molar refractivity (Wildman–Crippen MR) is 42.0 cm³/mol. The van der Waals surface area contributed by atoms with Crippen molar-refractivity contribution in [1.29, 1.82) is 0 Å². The predicted octanol–water partition coefficient (Wildman–Crippen LogP) is 1.05. The molecule has 0 saturated heterocycles. The lowest BCUT2D eigenvalue weighted by Crippen LogP contribution is -2.09. The van der Waals surface area contributed by atoms with Crippen molar-refractivity contribution in [1.82, 2.24) is 0 Å². The molecule has 0 spiro atoms. The maximum absolute atomic E-state index is 10.8. The number of ketones is 1. The summed E-state index contributed by atoms with van der Waals surface area (Å²) < 4.78 is 0. The first kappa shape index (κ1) is 7.66. The summed E-state index contributed by atoms with van der Waals surface area (Å²) in [6.07, 6.45) is 10.9. The van der Waals surface area contributed by atoms with Crippen molar-refractivity contribution in [2.24, 2.45) is 5.92 Å². The number of aldehydes is 1. The summed E-state index contributed by atoms with van der Waals surface area (Å²) in [4.78, 5) is 20.9. The van der Waals surface area contributed by atoms with Gasteiger partial charge in [-0.05, 0) is 0 Å². The molecule has 0 radical (unpaired) electrons. The quantitative estimate of drug-likeness (QED) is 0.433. The molecule has 0 aromatic rings. The molecule has 1 aliphatic rings. The zero-order chi connectivity index (χ0) is 8.10. The Balaban J connectivity index is 2.74. The van der Waals surface area contributed by atoms with E-state index in [-0.39, 0.29) is 5.92 Å². The molecule has 56 valence electrons. The van der Waals surface area contributed by atoms with Gasteiger partial charge in [0.1, 0.15) is 0 Å². The van der Waals surface area contributed by atoms with Crippen molar-refractivity contribution in [2.45, 2.75) is 0 Å². The molecule has 1 rings (SSSR count). The summed E-state index contributed by atoms with van der Waals surface area (Å²) in [6, 6.07) is 0. The summed E-state index contributed by atoms with van der Waals surface area (Å²) in [5.74, 6) is -0.774. The second-order valence-electron chi connectivity index (χ2n) is 2.20. The van der Waals surface area contributed by atoms with E-state index >= 15 is 0 Å². The molecule has 2 heteroatoms. The zero-order valence-electron chi connectivity index (χ0n) is 5.94. The number of Topliss-reactive ketones (excluding diaryl/α,β-unsaturated/α-hetero) is 1. The number of hydrogen-bond donors (Lipinski definition) is 0. The van der Waals surface area contributed by atoms with Gasteiger partial charge in [0.15, 0.2) is 6.29 Å². The van der Waals surface area contributed by atoms with Crippen LogP contribution in [0.15, 0.2) is 36.5 Å². The molecule has 11 heavy (non-hydrogen) atoms. The van der Waals surface area contributed by atoms with Gasteiger partial charge in [-0.15, -0.1) is 0 Å². The minimum Gasteiger partial charge on any atom is -0.295 e. The van der Waals surface area contributed by atoms with Crippen LogP contribution < -0.4 is 0 Å². The molecule has 0 saturated carbocycles. The maximum atomic E-state index is 10.8. The first-order valence-corrected chi connectivity index (χ1v) is 3.35. The molecule has 0 N–H and O–H groups in total. The number of hydrogen-bond acceptors (Lipinski definition) is 2. The standard InChI is InChI=1S/C9H8O2/c10-7-9(11)8-5-3-1-2-4-6-8/h1-8H. The van der Waals surface area contributed by atoms with Crippen molar-refractivity contribution >= 4 is 12.1 Å². The molecular formula is C9H8O2. The van der Waals surface area contributed by atoms with Crippen LogP contribution in [0, 0.1) is 5.92 Å². The molecule has 0 aromatic carbocycles. The summed E-state index contributed by atoms with van der Waals surface area (Å²) in [5, 5.41) is 0. The molecule has 0 heterocycles. The lowest BCUT2D eigenvalue weighted by atomic mass is 10.1. The maximum Gasteiger partial charge on any atom is 0.205 e. The highest BCUT2D eigenvalue weighted by Gasteiger charge is 2.09. The van der Waals surface area contributed by atoms with Crippen LogP contribution in [0.3, 0.4) is 0 Å². The normalized spacial score (nSPS) is 16.4. The topological polar surface area (TPSA) is 34.1 Å². The van der Waals surface area contributed by atoms with Gasteiger partial charge in [-0.2, -0.15) is 0 Å². The van der Waals surface area contributed by atoms with Crippen molar-refractivity contribution in [3.05, 3.63) is 36.5 Å². The summed E-state index contributed by atoms with van der Waals surface area (Å²) in [5.41, 5.74) is 0. The van der Waals surface area contributed by atoms with Crippen LogP contribution in [0.2, 0.25) is 0 Å². The number of carbonyl (C=O) groups is 2. The third-order valence-electron chi connectivity index (χ3n) is 1.41. The van der Waals surface area contributed by atoms with E-state index in [2.05, 4.69) is 0 Å². The van der Waals surface area contributed by atoms with Crippen LogP contribution in [-0.2, 0) is 9.59 Å². The highest BCUT2D eigenvalue weighted by molar-refractivity contribution is 6.27. The fraction of sp³-hybridized carbons (Fsp3) is 0.111. The van der Waals surface area contributed by atoms with Crippen molar-refractivity contribution < 1.29 is 9.59 Å². The second kappa shape index (κ2) is 3.66. The van der Waals surface area contributed by atoms with Gasteiger partial charge in [-0.25, -0.2) is 0 Å². The van der Waals surface area contributed by atoms with Gasteiger partial charge in [0.2, 0.25) is 5.78 Å². The third-order valence-corrected chi connectivity index (χ3v) is 1.41. The minimum atomic E-state index is -0.402. The lowest BCUT2D eigenvalue weighted by Gasteiger charge is -1.96. The van der Waals surface area contributed by atoms with Crippen LogP contribution in [0.4, 0.5) is 0 Å². The molecular weight excluding hydrogens is 140 g/mol. The molecule has 0 atom stereocenters. The first-order valence-electron chi connectivity index (χ1n) is 3.35. The van der Waals surface area contributed by atoms with Gasteiger partial charge in [0, 0.05) is 0 Å². The third kappa shape index (κ3) is 2.00. The van der Waals surface area contributed by atoms with E-state index in [0.717, 1.165) is 0 Å². The molecule has 0 unspecified atom stereocenters. The Labute approximate surface area is 64.9 Å². The van der Waals surface area contributed by atoms with E-state index in [1.165, 1.54) is 0 Å². The molecule has 0 bridgehead atoms. The fourth-order valence-corrected chi connectivity index (χ4v) is 0.828. The lowest BCUT2D eigenvalue weighted by molar-refractivity contribution is -0.130. The van der Waals surface area contributed by atoms with Crippen LogP contribution >= 0.6 is 0 Å². The Bertz CT molecular complexity index is 230. The SMILES string of the molecule is O=CC(=O)C1C=CC=CC=C1. The van der Waals surface area contributed by atoms with Crippen LogP contribution in [0.25, 0.3) is 0 Å². The van der Waals surface area contributed by atoms with E-state index in [1.54, 1.807) is 24.3 Å². The van der Waals surface area contributed by atoms with Gasteiger partial charge in [-0.1, -0.05) is 36.5 Å². The van der Waals surface area contributed by atoms with E-state index < -0.39 is 5.78 Å². The average Bonchev–Trinajstić information content (AvgIpc) is 2.30. The first-order chi connectivity index (χ1) is 5.34. The number of rotatable bonds is 2. The Morgan fingerprint density at radius 1 is 1.09 bits per heavy atom. The largest absolute Gasteiger partial charge is 0.295 e. The van der Waals surface area contributed by atoms with Crippen molar-refractivity contribution in [3.63, 3.8) is 0 Å². The highest BCUT2D eigenvalue weighted by Crippen LogP contribution is 2.05. The monoisotopic (exact) mass is 148 g/mol. The Morgan fingerprint density at radius 3 is 2.09 bits per heavy atom. The summed E-state index contributed by atoms with van der Waals surface area (Å²) in [7, 11) is 0. The smallest absolute Gasteiger partial charge is 0.205 e. The summed E-state index contributed by atoms with van der Waals surface area (Å²) >= 11 is 0. The van der Waals surface area contributed by atoms with Crippen molar-refractivity contribution in [3.8, 4) is 0 Å². The minimum absolute atomic E-state index is 0.352. The molecule has 0 aromatic heterocycles. The van der Waals surface area contributed by atoms with Gasteiger partial charge >= 0.3 is 0 Å². The Hall–Kier alpha value is -1.44. The Morgan fingerprint density at radius 2 is 1.64 bits per heavy atom. The van der Waals surface area contributed by atoms with Gasteiger partial charge in [0.05, 0.1) is 5.92 Å². The fourth-order valence-electron chi connectivity index (χ4n) is 0.828. The number of carbonyl (C=O) groups excluding carboxylic acids is 2.